The van der Waals surface area contributed by atoms with Crippen LogP contribution in [0.2, 0.25) is 0 Å². The Bertz CT molecular complexity index is 591. The van der Waals surface area contributed by atoms with E-state index in [0.717, 1.165) is 4.47 Å². The Morgan fingerprint density at radius 2 is 2.11 bits per heavy atom. The normalized spacial score (nSPS) is 27.7. The Morgan fingerprint density at radius 3 is 2.63 bits per heavy atom. The van der Waals surface area contributed by atoms with Gasteiger partial charge in [0.25, 0.3) is 0 Å². The summed E-state index contributed by atoms with van der Waals surface area (Å²) in [5, 5.41) is 0. The predicted octanol–water partition coefficient (Wildman–Crippen LogP) is 3.06. The molecule has 1 aromatic rings. The summed E-state index contributed by atoms with van der Waals surface area (Å²) in [5.41, 5.74) is -0.564. The molecule has 0 bridgehead atoms. The molecule has 106 valence electrons. The monoisotopic (exact) mass is 411 g/mol. The van der Waals surface area contributed by atoms with Gasteiger partial charge in [-0.05, 0) is 54.4 Å². The number of hydrogen-bond donors (Lipinski definition) is 1. The van der Waals surface area contributed by atoms with Gasteiger partial charge in [0.1, 0.15) is 0 Å². The van der Waals surface area contributed by atoms with Gasteiger partial charge in [-0.2, -0.15) is 0 Å². The topological polar surface area (TPSA) is 55.4 Å². The largest absolute Gasteiger partial charge is 0.376 e. The van der Waals surface area contributed by atoms with Crippen LogP contribution >= 0.6 is 31.9 Å². The molecular weight excluding hydrogens is 398 g/mol. The van der Waals surface area contributed by atoms with Gasteiger partial charge in [0, 0.05) is 15.6 Å². The second-order valence-electron chi connectivity index (χ2n) is 4.86. The summed E-state index contributed by atoms with van der Waals surface area (Å²) >= 11 is 6.59. The first-order valence-electron chi connectivity index (χ1n) is 5.85. The molecule has 1 aromatic carbocycles. The molecule has 1 saturated heterocycles. The summed E-state index contributed by atoms with van der Waals surface area (Å²) in [4.78, 5) is 0.232. The van der Waals surface area contributed by atoms with Gasteiger partial charge in [0.2, 0.25) is 10.0 Å². The molecule has 0 spiro atoms. The lowest BCUT2D eigenvalue weighted by Gasteiger charge is -2.28. The highest BCUT2D eigenvalue weighted by Gasteiger charge is 2.40. The third-order valence-corrected chi connectivity index (χ3v) is 6.52. The lowest BCUT2D eigenvalue weighted by Crippen LogP contribution is -2.50. The molecule has 0 saturated carbocycles. The van der Waals surface area contributed by atoms with Gasteiger partial charge in [0.05, 0.1) is 16.5 Å². The Labute approximate surface area is 130 Å². The van der Waals surface area contributed by atoms with Crippen LogP contribution in [-0.2, 0) is 14.8 Å². The van der Waals surface area contributed by atoms with E-state index in [2.05, 4.69) is 36.6 Å². The van der Waals surface area contributed by atoms with E-state index >= 15 is 0 Å². The SMILES string of the molecule is CC1OCCC1(C)NS(=O)(=O)c1ccc(Br)cc1Br. The highest BCUT2D eigenvalue weighted by molar-refractivity contribution is 9.11. The van der Waals surface area contributed by atoms with Crippen LogP contribution in [0.4, 0.5) is 0 Å². The molecule has 1 aliphatic heterocycles. The molecule has 1 heterocycles. The summed E-state index contributed by atoms with van der Waals surface area (Å²) in [5.74, 6) is 0. The van der Waals surface area contributed by atoms with Crippen molar-refractivity contribution in [3.05, 3.63) is 27.1 Å². The Morgan fingerprint density at radius 1 is 1.42 bits per heavy atom. The molecule has 1 N–H and O–H groups in total. The molecule has 2 rings (SSSR count). The molecular formula is C12H15Br2NO3S. The summed E-state index contributed by atoms with van der Waals surface area (Å²) in [6.07, 6.45) is 0.526. The first kappa shape index (κ1) is 15.4. The zero-order valence-corrected chi connectivity index (χ0v) is 14.6. The van der Waals surface area contributed by atoms with Crippen molar-refractivity contribution in [2.75, 3.05) is 6.61 Å². The van der Waals surface area contributed by atoms with Crippen molar-refractivity contribution in [1.29, 1.82) is 0 Å². The second kappa shape index (κ2) is 5.44. The smallest absolute Gasteiger partial charge is 0.242 e. The van der Waals surface area contributed by atoms with Gasteiger partial charge in [-0.1, -0.05) is 15.9 Å². The molecule has 1 fully saturated rings. The zero-order chi connectivity index (χ0) is 14.3. The van der Waals surface area contributed by atoms with Gasteiger partial charge < -0.3 is 4.74 Å². The molecule has 0 radical (unpaired) electrons. The van der Waals surface area contributed by atoms with E-state index in [-0.39, 0.29) is 11.0 Å². The number of ether oxygens (including phenoxy) is 1. The quantitative estimate of drug-likeness (QED) is 0.829. The van der Waals surface area contributed by atoms with E-state index in [1.54, 1.807) is 18.2 Å². The number of rotatable bonds is 3. The third kappa shape index (κ3) is 3.21. The summed E-state index contributed by atoms with van der Waals surface area (Å²) in [7, 11) is -3.58. The Balaban J connectivity index is 2.33. The van der Waals surface area contributed by atoms with Gasteiger partial charge in [-0.3, -0.25) is 0 Å². The van der Waals surface area contributed by atoms with Gasteiger partial charge >= 0.3 is 0 Å². The Kier molecular flexibility index (Phi) is 4.42. The number of sulfonamides is 1. The van der Waals surface area contributed by atoms with E-state index in [4.69, 9.17) is 4.74 Å². The first-order valence-corrected chi connectivity index (χ1v) is 8.92. The minimum Gasteiger partial charge on any atom is -0.376 e. The molecule has 7 heteroatoms. The number of halogens is 2. The van der Waals surface area contributed by atoms with E-state index in [1.165, 1.54) is 0 Å². The fraction of sp³-hybridized carbons (Fsp3) is 0.500. The first-order chi connectivity index (χ1) is 8.74. The van der Waals surface area contributed by atoms with Gasteiger partial charge in [-0.15, -0.1) is 0 Å². The van der Waals surface area contributed by atoms with Crippen LogP contribution in [-0.4, -0.2) is 26.7 Å². The van der Waals surface area contributed by atoms with Crippen LogP contribution < -0.4 is 4.72 Å². The van der Waals surface area contributed by atoms with Crippen LogP contribution in [0, 0.1) is 0 Å². The molecule has 4 nitrogen and oxygen atoms in total. The minimum absolute atomic E-state index is 0.142. The lowest BCUT2D eigenvalue weighted by atomic mass is 9.97. The van der Waals surface area contributed by atoms with Crippen molar-refractivity contribution < 1.29 is 13.2 Å². The third-order valence-electron chi connectivity index (χ3n) is 3.44. The molecule has 2 atom stereocenters. The summed E-state index contributed by atoms with van der Waals surface area (Å²) in [6, 6.07) is 4.99. The molecule has 0 aliphatic carbocycles. The van der Waals surface area contributed by atoms with E-state index in [9.17, 15) is 8.42 Å². The van der Waals surface area contributed by atoms with Crippen LogP contribution in [0.25, 0.3) is 0 Å². The van der Waals surface area contributed by atoms with Crippen molar-refractivity contribution in [2.45, 2.75) is 36.8 Å². The van der Waals surface area contributed by atoms with Gasteiger partial charge in [0.15, 0.2) is 0 Å². The molecule has 1 aliphatic rings. The zero-order valence-electron chi connectivity index (χ0n) is 10.6. The van der Waals surface area contributed by atoms with E-state index < -0.39 is 15.6 Å². The van der Waals surface area contributed by atoms with Crippen LogP contribution in [0.5, 0.6) is 0 Å². The van der Waals surface area contributed by atoms with Crippen molar-refractivity contribution in [3.8, 4) is 0 Å². The van der Waals surface area contributed by atoms with Crippen LogP contribution in [0.3, 0.4) is 0 Å². The highest BCUT2D eigenvalue weighted by Crippen LogP contribution is 2.30. The second-order valence-corrected chi connectivity index (χ2v) is 8.28. The fourth-order valence-corrected chi connectivity index (χ4v) is 5.27. The lowest BCUT2D eigenvalue weighted by molar-refractivity contribution is 0.0957. The van der Waals surface area contributed by atoms with Crippen molar-refractivity contribution in [1.82, 2.24) is 4.72 Å². The molecule has 0 amide bonds. The molecule has 0 aromatic heterocycles. The minimum atomic E-state index is -3.58. The van der Waals surface area contributed by atoms with Crippen molar-refractivity contribution in [2.24, 2.45) is 0 Å². The number of hydrogen-bond acceptors (Lipinski definition) is 3. The standard InChI is InChI=1S/C12H15Br2NO3S/c1-8-12(2,5-6-18-8)15-19(16,17)11-4-3-9(13)7-10(11)14/h3-4,7-8,15H,5-6H2,1-2H3. The fourth-order valence-electron chi connectivity index (χ4n) is 2.02. The number of nitrogens with one attached hydrogen (secondary N) is 1. The van der Waals surface area contributed by atoms with Crippen molar-refractivity contribution in [3.63, 3.8) is 0 Å². The summed E-state index contributed by atoms with van der Waals surface area (Å²) < 4.78 is 34.5. The summed E-state index contributed by atoms with van der Waals surface area (Å²) in [6.45, 7) is 4.32. The maximum atomic E-state index is 12.5. The highest BCUT2D eigenvalue weighted by atomic mass is 79.9. The maximum absolute atomic E-state index is 12.5. The van der Waals surface area contributed by atoms with Gasteiger partial charge in [-0.25, -0.2) is 13.1 Å². The average Bonchev–Trinajstić information content (AvgIpc) is 2.57. The van der Waals surface area contributed by atoms with Crippen LogP contribution in [0.1, 0.15) is 20.3 Å². The molecule has 2 unspecified atom stereocenters. The Hall–Kier alpha value is 0.0500. The van der Waals surface area contributed by atoms with E-state index in [0.29, 0.717) is 17.5 Å². The van der Waals surface area contributed by atoms with Crippen molar-refractivity contribution >= 4 is 41.9 Å². The number of benzene rings is 1. The predicted molar refractivity (Wildman–Crippen MR) is 80.6 cm³/mol. The van der Waals surface area contributed by atoms with Crippen LogP contribution in [0.15, 0.2) is 32.0 Å². The average molecular weight is 413 g/mol. The van der Waals surface area contributed by atoms with E-state index in [1.807, 2.05) is 13.8 Å². The molecule has 19 heavy (non-hydrogen) atoms. The maximum Gasteiger partial charge on any atom is 0.242 e.